The van der Waals surface area contributed by atoms with Crippen molar-refractivity contribution < 1.29 is 19.1 Å². The number of nitrogens with zero attached hydrogens (tertiary/aromatic N) is 4. The molecule has 1 N–H and O–H groups in total. The Labute approximate surface area is 210 Å². The lowest BCUT2D eigenvalue weighted by Gasteiger charge is -2.27. The van der Waals surface area contributed by atoms with Crippen LogP contribution in [-0.2, 0) is 26.3 Å². The molecule has 3 aromatic rings. The monoisotopic (exact) mass is 487 g/mol. The van der Waals surface area contributed by atoms with Crippen molar-refractivity contribution in [1.29, 1.82) is 0 Å². The molecule has 36 heavy (non-hydrogen) atoms. The first-order valence-electron chi connectivity index (χ1n) is 11.5. The van der Waals surface area contributed by atoms with Gasteiger partial charge in [-0.25, -0.2) is 14.7 Å². The van der Waals surface area contributed by atoms with Gasteiger partial charge in [-0.1, -0.05) is 12.1 Å². The van der Waals surface area contributed by atoms with E-state index in [9.17, 15) is 14.4 Å². The molecule has 0 saturated carbocycles. The van der Waals surface area contributed by atoms with Gasteiger partial charge in [0.05, 0.1) is 30.1 Å². The number of rotatable bonds is 7. The molecule has 2 aromatic heterocycles. The summed E-state index contributed by atoms with van der Waals surface area (Å²) in [7, 11) is 1.34. The molecule has 0 aliphatic carbocycles. The molecular weight excluding hydrogens is 458 g/mol. The number of carbonyl (C=O) groups excluding carboxylic acids is 3. The van der Waals surface area contributed by atoms with Crippen LogP contribution in [-0.4, -0.2) is 45.4 Å². The van der Waals surface area contributed by atoms with Crippen LogP contribution in [0.1, 0.15) is 38.8 Å². The molecule has 0 atom stereocenters. The largest absolute Gasteiger partial charge is 0.468 e. The van der Waals surface area contributed by atoms with Crippen molar-refractivity contribution in [3.63, 3.8) is 0 Å². The molecule has 1 fully saturated rings. The molecule has 1 aliphatic heterocycles. The summed E-state index contributed by atoms with van der Waals surface area (Å²) in [6, 6.07) is 13.8. The highest BCUT2D eigenvalue weighted by Crippen LogP contribution is 2.35. The summed E-state index contributed by atoms with van der Waals surface area (Å²) in [6.45, 7) is 7.22. The van der Waals surface area contributed by atoms with Crippen molar-refractivity contribution >= 4 is 35.1 Å². The smallest absolute Gasteiger partial charge is 0.332 e. The Morgan fingerprint density at radius 3 is 2.44 bits per heavy atom. The van der Waals surface area contributed by atoms with Gasteiger partial charge < -0.3 is 15.0 Å². The average molecular weight is 488 g/mol. The number of carbonyl (C=O) groups is 3. The second-order valence-electron chi connectivity index (χ2n) is 9.65. The SMILES string of the molecule is COC(=O)C(C)(C)c1ccc(N2C(=O)N(Cc3ccnc(Nc4cccnc4)c3)C(C)(C)C2=O)cc1. The number of nitrogens with one attached hydrogen (secondary N) is 1. The van der Waals surface area contributed by atoms with E-state index in [2.05, 4.69) is 15.3 Å². The Bertz CT molecular complexity index is 1290. The van der Waals surface area contributed by atoms with Crippen molar-refractivity contribution in [2.45, 2.75) is 45.2 Å². The number of pyridine rings is 2. The maximum absolute atomic E-state index is 13.5. The van der Waals surface area contributed by atoms with Crippen LogP contribution < -0.4 is 10.2 Å². The second-order valence-corrected chi connectivity index (χ2v) is 9.65. The number of amides is 3. The van der Waals surface area contributed by atoms with Gasteiger partial charge in [0.2, 0.25) is 0 Å². The highest BCUT2D eigenvalue weighted by atomic mass is 16.5. The maximum atomic E-state index is 13.5. The first-order valence-corrected chi connectivity index (χ1v) is 11.5. The van der Waals surface area contributed by atoms with Crippen LogP contribution in [0.15, 0.2) is 67.1 Å². The molecule has 0 radical (unpaired) electrons. The van der Waals surface area contributed by atoms with Crippen molar-refractivity contribution in [3.05, 3.63) is 78.2 Å². The van der Waals surface area contributed by atoms with Crippen LogP contribution in [0.3, 0.4) is 0 Å². The maximum Gasteiger partial charge on any atom is 0.332 e. The van der Waals surface area contributed by atoms with Crippen LogP contribution >= 0.6 is 0 Å². The fourth-order valence-electron chi connectivity index (χ4n) is 4.14. The van der Waals surface area contributed by atoms with E-state index in [4.69, 9.17) is 4.74 Å². The molecular formula is C27H29N5O4. The molecule has 3 amide bonds. The Morgan fingerprint density at radius 1 is 1.08 bits per heavy atom. The van der Waals surface area contributed by atoms with Crippen molar-refractivity contribution in [3.8, 4) is 0 Å². The van der Waals surface area contributed by atoms with Crippen LogP contribution in [0.4, 0.5) is 22.0 Å². The summed E-state index contributed by atoms with van der Waals surface area (Å²) in [5, 5.41) is 3.19. The van der Waals surface area contributed by atoms with Gasteiger partial charge in [-0.2, -0.15) is 0 Å². The van der Waals surface area contributed by atoms with E-state index in [1.54, 1.807) is 75.5 Å². The quantitative estimate of drug-likeness (QED) is 0.389. The summed E-state index contributed by atoms with van der Waals surface area (Å²) >= 11 is 0. The van der Waals surface area contributed by atoms with Gasteiger partial charge in [0, 0.05) is 18.9 Å². The molecule has 186 valence electrons. The van der Waals surface area contributed by atoms with E-state index in [1.165, 1.54) is 12.0 Å². The van der Waals surface area contributed by atoms with Gasteiger partial charge >= 0.3 is 12.0 Å². The Balaban J connectivity index is 1.56. The average Bonchev–Trinajstić information content (AvgIpc) is 3.03. The fraction of sp³-hybridized carbons (Fsp3) is 0.296. The van der Waals surface area contributed by atoms with E-state index in [-0.39, 0.29) is 18.4 Å². The molecule has 0 unspecified atom stereocenters. The molecule has 1 saturated heterocycles. The van der Waals surface area contributed by atoms with Crippen LogP contribution in [0.2, 0.25) is 0 Å². The molecule has 0 spiro atoms. The van der Waals surface area contributed by atoms with Crippen molar-refractivity contribution in [2.75, 3.05) is 17.3 Å². The number of anilines is 3. The summed E-state index contributed by atoms with van der Waals surface area (Å²) < 4.78 is 4.90. The number of esters is 1. The zero-order valence-electron chi connectivity index (χ0n) is 21.0. The van der Waals surface area contributed by atoms with Gasteiger partial charge in [0.1, 0.15) is 11.4 Å². The predicted molar refractivity (Wildman–Crippen MR) is 136 cm³/mol. The lowest BCUT2D eigenvalue weighted by atomic mass is 9.84. The lowest BCUT2D eigenvalue weighted by molar-refractivity contribution is -0.146. The van der Waals surface area contributed by atoms with E-state index >= 15 is 0 Å². The first kappa shape index (κ1) is 24.8. The minimum absolute atomic E-state index is 0.228. The predicted octanol–water partition coefficient (Wildman–Crippen LogP) is 4.42. The van der Waals surface area contributed by atoms with Crippen LogP contribution in [0, 0.1) is 0 Å². The third-order valence-electron chi connectivity index (χ3n) is 6.47. The lowest BCUT2D eigenvalue weighted by Crippen LogP contribution is -2.43. The number of methoxy groups -OCH3 is 1. The number of hydrogen-bond acceptors (Lipinski definition) is 7. The fourth-order valence-corrected chi connectivity index (χ4v) is 4.14. The molecule has 4 rings (SSSR count). The highest BCUT2D eigenvalue weighted by molar-refractivity contribution is 6.22. The summed E-state index contributed by atoms with van der Waals surface area (Å²) in [6.07, 6.45) is 5.03. The van der Waals surface area contributed by atoms with Gasteiger partial charge in [0.15, 0.2) is 0 Å². The summed E-state index contributed by atoms with van der Waals surface area (Å²) in [5.74, 6) is -0.0854. The van der Waals surface area contributed by atoms with Gasteiger partial charge in [-0.3, -0.25) is 14.6 Å². The van der Waals surface area contributed by atoms with Crippen molar-refractivity contribution in [1.82, 2.24) is 14.9 Å². The number of ether oxygens (including phenoxy) is 1. The van der Waals surface area contributed by atoms with Crippen LogP contribution in [0.5, 0.6) is 0 Å². The topological polar surface area (TPSA) is 105 Å². The number of imide groups is 1. The third-order valence-corrected chi connectivity index (χ3v) is 6.47. The Kier molecular flexibility index (Phi) is 6.49. The Hall–Kier alpha value is -4.27. The first-order chi connectivity index (χ1) is 17.1. The van der Waals surface area contributed by atoms with Gasteiger partial charge in [-0.05, 0) is 75.2 Å². The third kappa shape index (κ3) is 4.51. The van der Waals surface area contributed by atoms with E-state index in [1.807, 2.05) is 24.3 Å². The number of benzene rings is 1. The van der Waals surface area contributed by atoms with E-state index in [0.29, 0.717) is 11.5 Å². The van der Waals surface area contributed by atoms with Crippen molar-refractivity contribution in [2.24, 2.45) is 0 Å². The molecule has 9 nitrogen and oxygen atoms in total. The standard InChI is InChI=1S/C27H29N5O4/c1-26(2,24(34)36-5)19-8-10-21(11-9-19)32-23(33)27(3,4)31(25(32)35)17-18-12-14-29-22(15-18)30-20-7-6-13-28-16-20/h6-16H,17H2,1-5H3,(H,29,30). The van der Waals surface area contributed by atoms with Gasteiger partial charge in [0.25, 0.3) is 5.91 Å². The Morgan fingerprint density at radius 2 is 1.81 bits per heavy atom. The minimum atomic E-state index is -1.05. The van der Waals surface area contributed by atoms with E-state index in [0.717, 1.165) is 16.8 Å². The van der Waals surface area contributed by atoms with E-state index < -0.39 is 17.0 Å². The minimum Gasteiger partial charge on any atom is -0.468 e. The number of aromatic nitrogens is 2. The zero-order valence-corrected chi connectivity index (χ0v) is 21.0. The summed E-state index contributed by atoms with van der Waals surface area (Å²) in [5.41, 5.74) is 0.863. The normalized spacial score (nSPS) is 15.2. The molecule has 0 bridgehead atoms. The van der Waals surface area contributed by atoms with Crippen LogP contribution in [0.25, 0.3) is 0 Å². The molecule has 3 heterocycles. The number of urea groups is 1. The zero-order chi connectivity index (χ0) is 26.1. The summed E-state index contributed by atoms with van der Waals surface area (Å²) in [4.78, 5) is 50.1. The molecule has 1 aromatic carbocycles. The highest BCUT2D eigenvalue weighted by Gasteiger charge is 2.51. The second kappa shape index (κ2) is 9.41. The molecule has 1 aliphatic rings. The molecule has 9 heteroatoms. The number of hydrogen-bond donors (Lipinski definition) is 1. The van der Waals surface area contributed by atoms with Gasteiger partial charge in [-0.15, -0.1) is 0 Å².